The first kappa shape index (κ1) is 28.9. The molecule has 0 saturated heterocycles. The molecule has 156 valence electrons. The minimum absolute atomic E-state index is 0. The van der Waals surface area contributed by atoms with Crippen molar-refractivity contribution < 1.29 is 53.0 Å². The van der Waals surface area contributed by atoms with Gasteiger partial charge in [0.1, 0.15) is 12.6 Å². The fraction of sp³-hybridized carbons (Fsp3) is 0.737. The molecular formula is C19H34LiN2O6+. The van der Waals surface area contributed by atoms with E-state index in [2.05, 4.69) is 5.32 Å². The molecule has 0 aliphatic heterocycles. The molecule has 8 nitrogen and oxygen atoms in total. The molecule has 0 aliphatic rings. The van der Waals surface area contributed by atoms with Crippen molar-refractivity contribution in [3.05, 3.63) is 12.2 Å². The van der Waals surface area contributed by atoms with E-state index in [4.69, 9.17) is 0 Å². The van der Waals surface area contributed by atoms with Crippen molar-refractivity contribution >= 4 is 17.8 Å². The molecule has 0 aromatic heterocycles. The molecule has 3 N–H and O–H groups in total. The smallest absolute Gasteiger partial charge is 0.544 e. The number of hydrogen-bond donors (Lipinski definition) is 3. The minimum atomic E-state index is -1.34. The SMILES string of the molecule is C/C=C/CCCC(=O)NCC[N+](CCO)(C(CC)C(=O)[O-])C(CC)C(=O)O.[Li+]. The summed E-state index contributed by atoms with van der Waals surface area (Å²) in [6, 6.07) is -2.09. The van der Waals surface area contributed by atoms with Gasteiger partial charge in [0.2, 0.25) is 5.91 Å². The molecule has 0 spiro atoms. The third-order valence-corrected chi connectivity index (χ3v) is 4.95. The molecule has 28 heavy (non-hydrogen) atoms. The van der Waals surface area contributed by atoms with Gasteiger partial charge in [0.05, 0.1) is 25.7 Å². The van der Waals surface area contributed by atoms with Gasteiger partial charge in [-0.25, -0.2) is 4.79 Å². The van der Waals surface area contributed by atoms with Gasteiger partial charge < -0.3 is 29.9 Å². The summed E-state index contributed by atoms with van der Waals surface area (Å²) < 4.78 is -0.347. The number of quaternary nitrogens is 1. The van der Waals surface area contributed by atoms with Crippen LogP contribution >= 0.6 is 0 Å². The molecule has 9 heteroatoms. The summed E-state index contributed by atoms with van der Waals surface area (Å²) in [5.41, 5.74) is 0. The summed E-state index contributed by atoms with van der Waals surface area (Å²) in [5.74, 6) is -2.63. The number of rotatable bonds is 15. The fourth-order valence-corrected chi connectivity index (χ4v) is 3.68. The van der Waals surface area contributed by atoms with Crippen molar-refractivity contribution in [2.24, 2.45) is 0 Å². The summed E-state index contributed by atoms with van der Waals surface area (Å²) >= 11 is 0. The predicted octanol–water partition coefficient (Wildman–Crippen LogP) is -2.95. The predicted molar refractivity (Wildman–Crippen MR) is 99.6 cm³/mol. The second-order valence-corrected chi connectivity index (χ2v) is 6.59. The van der Waals surface area contributed by atoms with Gasteiger partial charge in [-0.2, -0.15) is 0 Å². The van der Waals surface area contributed by atoms with Crippen LogP contribution in [-0.2, 0) is 14.4 Å². The standard InChI is InChI=1S/C19H34N2O6.Li/c1-4-7-8-9-10-17(23)20-11-12-21(13-14-22,15(5-2)18(24)25)16(6-3)19(26)27;/h4,7,15-16,22H,5-6,8-14H2,1-3H3,(H2-,20,23,24,25,26,27);/q;+1/b7-4+;. The molecule has 0 aliphatic carbocycles. The maximum absolute atomic E-state index is 12.0. The van der Waals surface area contributed by atoms with Crippen LogP contribution in [0.2, 0.25) is 0 Å². The number of amides is 1. The maximum atomic E-state index is 12.0. The van der Waals surface area contributed by atoms with E-state index in [1.54, 1.807) is 13.8 Å². The Morgan fingerprint density at radius 2 is 1.75 bits per heavy atom. The number of carbonyl (C=O) groups excluding carboxylic acids is 2. The Morgan fingerprint density at radius 3 is 2.18 bits per heavy atom. The number of nitrogens with one attached hydrogen (secondary N) is 1. The quantitative estimate of drug-likeness (QED) is 0.118. The van der Waals surface area contributed by atoms with E-state index >= 15 is 0 Å². The van der Waals surface area contributed by atoms with Crippen LogP contribution in [0.15, 0.2) is 12.2 Å². The first-order valence-electron chi connectivity index (χ1n) is 9.59. The second-order valence-electron chi connectivity index (χ2n) is 6.59. The Balaban J connectivity index is 0. The number of aliphatic carboxylic acids is 2. The van der Waals surface area contributed by atoms with Crippen LogP contribution in [0.4, 0.5) is 0 Å². The maximum Gasteiger partial charge on any atom is 1.00 e. The second kappa shape index (κ2) is 15.6. The Kier molecular flexibility index (Phi) is 16.1. The number of carboxylic acid groups (broad SMARTS) is 2. The number of hydrogen-bond acceptors (Lipinski definition) is 5. The largest absolute Gasteiger partial charge is 1.00 e. The summed E-state index contributed by atoms with van der Waals surface area (Å²) in [6.45, 7) is 5.07. The van der Waals surface area contributed by atoms with Crippen molar-refractivity contribution in [3.8, 4) is 0 Å². The van der Waals surface area contributed by atoms with Crippen molar-refractivity contribution in [2.75, 3.05) is 26.2 Å². The summed E-state index contributed by atoms with van der Waals surface area (Å²) in [5, 5.41) is 33.6. The van der Waals surface area contributed by atoms with Crippen LogP contribution in [0.3, 0.4) is 0 Å². The molecule has 0 aromatic rings. The molecule has 0 radical (unpaired) electrons. The number of aliphatic hydroxyl groups excluding tert-OH is 1. The molecular weight excluding hydrogens is 359 g/mol. The van der Waals surface area contributed by atoms with E-state index in [9.17, 15) is 29.7 Å². The van der Waals surface area contributed by atoms with Gasteiger partial charge in [-0.3, -0.25) is 4.79 Å². The van der Waals surface area contributed by atoms with Gasteiger partial charge in [0.15, 0.2) is 6.04 Å². The van der Waals surface area contributed by atoms with Crippen LogP contribution in [0.5, 0.6) is 0 Å². The molecule has 0 saturated carbocycles. The van der Waals surface area contributed by atoms with Crippen LogP contribution < -0.4 is 29.3 Å². The van der Waals surface area contributed by atoms with Gasteiger partial charge in [-0.15, -0.1) is 0 Å². The van der Waals surface area contributed by atoms with E-state index in [0.717, 1.165) is 6.42 Å². The van der Waals surface area contributed by atoms with Crippen molar-refractivity contribution in [1.82, 2.24) is 5.32 Å². The zero-order valence-corrected chi connectivity index (χ0v) is 17.6. The Hall–Kier alpha value is -1.33. The van der Waals surface area contributed by atoms with Crippen LogP contribution in [0.1, 0.15) is 52.9 Å². The molecule has 0 heterocycles. The molecule has 1 amide bonds. The van der Waals surface area contributed by atoms with Crippen molar-refractivity contribution in [1.29, 1.82) is 0 Å². The topological polar surface area (TPSA) is 127 Å². The Labute approximate surface area is 179 Å². The van der Waals surface area contributed by atoms with Gasteiger partial charge in [-0.1, -0.05) is 26.0 Å². The number of nitrogens with zero attached hydrogens (tertiary/aromatic N) is 1. The molecule has 3 atom stereocenters. The zero-order chi connectivity index (χ0) is 20.9. The number of allylic oxidation sites excluding steroid dienone is 2. The molecule has 0 aromatic carbocycles. The van der Waals surface area contributed by atoms with Crippen LogP contribution in [0, 0.1) is 0 Å². The monoisotopic (exact) mass is 393 g/mol. The molecule has 0 fully saturated rings. The molecule has 3 unspecified atom stereocenters. The van der Waals surface area contributed by atoms with Gasteiger partial charge in [0.25, 0.3) is 0 Å². The van der Waals surface area contributed by atoms with E-state index in [1.165, 1.54) is 0 Å². The van der Waals surface area contributed by atoms with E-state index in [0.29, 0.717) is 12.8 Å². The third-order valence-electron chi connectivity index (χ3n) is 4.95. The van der Waals surface area contributed by atoms with Crippen molar-refractivity contribution in [3.63, 3.8) is 0 Å². The van der Waals surface area contributed by atoms with E-state index in [1.807, 2.05) is 19.1 Å². The van der Waals surface area contributed by atoms with Crippen LogP contribution in [-0.4, -0.2) is 70.9 Å². The van der Waals surface area contributed by atoms with Crippen LogP contribution in [0.25, 0.3) is 0 Å². The average Bonchev–Trinajstić information content (AvgIpc) is 2.59. The summed E-state index contributed by atoms with van der Waals surface area (Å²) in [4.78, 5) is 35.5. The molecule has 0 rings (SSSR count). The summed E-state index contributed by atoms with van der Waals surface area (Å²) in [6.07, 6.45) is 6.11. The number of carboxylic acids is 2. The minimum Gasteiger partial charge on any atom is -0.544 e. The first-order valence-corrected chi connectivity index (χ1v) is 9.59. The fourth-order valence-electron chi connectivity index (χ4n) is 3.68. The number of carbonyl (C=O) groups is 3. The Morgan fingerprint density at radius 1 is 1.14 bits per heavy atom. The number of aliphatic hydroxyl groups is 1. The van der Waals surface area contributed by atoms with Gasteiger partial charge in [0, 0.05) is 19.3 Å². The normalized spacial score (nSPS) is 15.3. The molecule has 0 bridgehead atoms. The first-order chi connectivity index (χ1) is 12.8. The summed E-state index contributed by atoms with van der Waals surface area (Å²) in [7, 11) is 0. The van der Waals surface area contributed by atoms with E-state index < -0.39 is 24.0 Å². The van der Waals surface area contributed by atoms with Gasteiger partial charge in [-0.05, 0) is 19.8 Å². The van der Waals surface area contributed by atoms with Gasteiger partial charge >= 0.3 is 24.8 Å². The third kappa shape index (κ3) is 8.78. The number of unbranched alkanes of at least 4 members (excludes halogenated alkanes) is 1. The average molecular weight is 393 g/mol. The zero-order valence-electron chi connectivity index (χ0n) is 17.6. The van der Waals surface area contributed by atoms with E-state index in [-0.39, 0.29) is 68.3 Å². The Bertz CT molecular complexity index is 491. The van der Waals surface area contributed by atoms with Crippen molar-refractivity contribution in [2.45, 2.75) is 65.0 Å².